The SMILES string of the molecule is O=C(Nc1cc(Cl)ccc1O)c1cc(-c2ccc3c(c2)OCO3)on1. The fraction of sp³-hybridized carbons (Fsp3) is 0.0588. The summed E-state index contributed by atoms with van der Waals surface area (Å²) in [6.45, 7) is 0.173. The van der Waals surface area contributed by atoms with E-state index in [4.69, 9.17) is 25.6 Å². The lowest BCUT2D eigenvalue weighted by Crippen LogP contribution is -2.12. The largest absolute Gasteiger partial charge is 0.506 e. The summed E-state index contributed by atoms with van der Waals surface area (Å²) in [5.41, 5.74) is 0.943. The topological polar surface area (TPSA) is 93.8 Å². The number of anilines is 1. The molecule has 0 spiro atoms. The Morgan fingerprint density at radius 2 is 1.96 bits per heavy atom. The van der Waals surface area contributed by atoms with Gasteiger partial charge in [-0.2, -0.15) is 0 Å². The lowest BCUT2D eigenvalue weighted by atomic mass is 10.1. The van der Waals surface area contributed by atoms with Crippen LogP contribution in [0.1, 0.15) is 10.5 Å². The van der Waals surface area contributed by atoms with Crippen LogP contribution >= 0.6 is 11.6 Å². The quantitative estimate of drug-likeness (QED) is 0.694. The first-order valence-electron chi connectivity index (χ1n) is 7.27. The first-order valence-corrected chi connectivity index (χ1v) is 7.64. The number of amides is 1. The van der Waals surface area contributed by atoms with Crippen molar-refractivity contribution in [2.75, 3.05) is 12.1 Å². The fourth-order valence-corrected chi connectivity index (χ4v) is 2.53. The molecule has 0 saturated carbocycles. The second-order valence-electron chi connectivity index (χ2n) is 5.26. The summed E-state index contributed by atoms with van der Waals surface area (Å²) in [6.07, 6.45) is 0. The average Bonchev–Trinajstić information content (AvgIpc) is 3.26. The summed E-state index contributed by atoms with van der Waals surface area (Å²) in [7, 11) is 0. The zero-order chi connectivity index (χ0) is 17.4. The molecule has 0 aliphatic carbocycles. The number of halogens is 1. The number of nitrogens with one attached hydrogen (secondary N) is 1. The maximum absolute atomic E-state index is 12.3. The van der Waals surface area contributed by atoms with Gasteiger partial charge < -0.3 is 24.4 Å². The van der Waals surface area contributed by atoms with Gasteiger partial charge >= 0.3 is 0 Å². The van der Waals surface area contributed by atoms with Crippen molar-refractivity contribution >= 4 is 23.2 Å². The first kappa shape index (κ1) is 15.3. The molecule has 0 fully saturated rings. The van der Waals surface area contributed by atoms with E-state index >= 15 is 0 Å². The molecule has 0 saturated heterocycles. The first-order chi connectivity index (χ1) is 12.1. The van der Waals surface area contributed by atoms with Gasteiger partial charge in [-0.3, -0.25) is 4.79 Å². The van der Waals surface area contributed by atoms with Crippen LogP contribution in [0.5, 0.6) is 17.2 Å². The van der Waals surface area contributed by atoms with Gasteiger partial charge in [0, 0.05) is 16.7 Å². The molecule has 0 radical (unpaired) electrons. The monoisotopic (exact) mass is 358 g/mol. The van der Waals surface area contributed by atoms with Gasteiger partial charge in [0.25, 0.3) is 5.91 Å². The molecular formula is C17H11ClN2O5. The van der Waals surface area contributed by atoms with Crippen molar-refractivity contribution in [3.8, 4) is 28.6 Å². The molecule has 0 atom stereocenters. The van der Waals surface area contributed by atoms with E-state index in [0.29, 0.717) is 27.8 Å². The number of hydrogen-bond acceptors (Lipinski definition) is 6. The molecule has 8 heteroatoms. The van der Waals surface area contributed by atoms with Crippen LogP contribution in [0.2, 0.25) is 5.02 Å². The van der Waals surface area contributed by atoms with Gasteiger partial charge in [-0.05, 0) is 36.4 Å². The van der Waals surface area contributed by atoms with E-state index in [-0.39, 0.29) is 23.9 Å². The smallest absolute Gasteiger partial charge is 0.277 e. The van der Waals surface area contributed by atoms with Crippen LogP contribution in [0.3, 0.4) is 0 Å². The number of carbonyl (C=O) groups excluding carboxylic acids is 1. The summed E-state index contributed by atoms with van der Waals surface area (Å²) >= 11 is 5.86. The predicted molar refractivity (Wildman–Crippen MR) is 89.1 cm³/mol. The van der Waals surface area contributed by atoms with E-state index in [1.807, 2.05) is 0 Å². The van der Waals surface area contributed by atoms with Gasteiger partial charge in [0.1, 0.15) is 5.75 Å². The second kappa shape index (κ2) is 6.03. The average molecular weight is 359 g/mol. The Kier molecular flexibility index (Phi) is 3.70. The number of rotatable bonds is 3. The zero-order valence-electron chi connectivity index (χ0n) is 12.7. The third kappa shape index (κ3) is 2.97. The number of benzene rings is 2. The minimum Gasteiger partial charge on any atom is -0.506 e. The number of aromatic hydroxyl groups is 1. The number of hydrogen-bond donors (Lipinski definition) is 2. The molecule has 4 rings (SSSR count). The molecule has 7 nitrogen and oxygen atoms in total. The van der Waals surface area contributed by atoms with Crippen molar-refractivity contribution in [2.45, 2.75) is 0 Å². The van der Waals surface area contributed by atoms with Crippen LogP contribution in [0, 0.1) is 0 Å². The molecule has 0 unspecified atom stereocenters. The molecule has 1 amide bonds. The van der Waals surface area contributed by atoms with E-state index in [0.717, 1.165) is 0 Å². The van der Waals surface area contributed by atoms with Crippen molar-refractivity contribution in [2.24, 2.45) is 0 Å². The van der Waals surface area contributed by atoms with Crippen LogP contribution < -0.4 is 14.8 Å². The number of ether oxygens (including phenoxy) is 2. The van der Waals surface area contributed by atoms with Gasteiger partial charge in [-0.1, -0.05) is 16.8 Å². The number of nitrogens with zero attached hydrogens (tertiary/aromatic N) is 1. The maximum atomic E-state index is 12.3. The van der Waals surface area contributed by atoms with Gasteiger partial charge in [-0.25, -0.2) is 0 Å². The van der Waals surface area contributed by atoms with Crippen LogP contribution in [-0.2, 0) is 0 Å². The van der Waals surface area contributed by atoms with Crippen molar-refractivity contribution in [1.82, 2.24) is 5.16 Å². The van der Waals surface area contributed by atoms with Crippen LogP contribution in [0.4, 0.5) is 5.69 Å². The highest BCUT2D eigenvalue weighted by molar-refractivity contribution is 6.31. The van der Waals surface area contributed by atoms with Crippen molar-refractivity contribution in [1.29, 1.82) is 0 Å². The Hall–Kier alpha value is -3.19. The summed E-state index contributed by atoms with van der Waals surface area (Å²) in [4.78, 5) is 12.3. The molecule has 2 heterocycles. The molecular weight excluding hydrogens is 348 g/mol. The number of carbonyl (C=O) groups is 1. The van der Waals surface area contributed by atoms with E-state index in [1.165, 1.54) is 24.3 Å². The summed E-state index contributed by atoms with van der Waals surface area (Å²) in [6, 6.07) is 11.1. The lowest BCUT2D eigenvalue weighted by molar-refractivity contribution is 0.101. The Balaban J connectivity index is 1.56. The number of phenolic OH excluding ortho intramolecular Hbond substituents is 1. The Morgan fingerprint density at radius 1 is 1.12 bits per heavy atom. The Labute approximate surface area is 146 Å². The van der Waals surface area contributed by atoms with Crippen molar-refractivity contribution < 1.29 is 23.9 Å². The molecule has 1 aliphatic rings. The van der Waals surface area contributed by atoms with Gasteiger partial charge in [0.05, 0.1) is 5.69 Å². The highest BCUT2D eigenvalue weighted by Crippen LogP contribution is 2.36. The number of fused-ring (bicyclic) bond motifs is 1. The number of phenols is 1. The molecule has 1 aromatic heterocycles. The Bertz CT molecular complexity index is 969. The third-order valence-electron chi connectivity index (χ3n) is 3.61. The molecule has 0 bridgehead atoms. The highest BCUT2D eigenvalue weighted by Gasteiger charge is 2.18. The second-order valence-corrected chi connectivity index (χ2v) is 5.70. The molecule has 1 aliphatic heterocycles. The molecule has 2 aromatic carbocycles. The van der Waals surface area contributed by atoms with E-state index in [2.05, 4.69) is 10.5 Å². The molecule has 126 valence electrons. The van der Waals surface area contributed by atoms with E-state index in [1.54, 1.807) is 18.2 Å². The standard InChI is InChI=1S/C17H11ClN2O5/c18-10-2-3-13(21)11(6-10)19-17(22)12-7-15(25-20-12)9-1-4-14-16(5-9)24-8-23-14/h1-7,21H,8H2,(H,19,22). The van der Waals surface area contributed by atoms with Crippen molar-refractivity contribution in [3.05, 3.63) is 53.2 Å². The summed E-state index contributed by atoms with van der Waals surface area (Å²) in [5, 5.41) is 16.4. The van der Waals surface area contributed by atoms with Crippen molar-refractivity contribution in [3.63, 3.8) is 0 Å². The fourth-order valence-electron chi connectivity index (χ4n) is 2.36. The van der Waals surface area contributed by atoms with E-state index in [9.17, 15) is 9.90 Å². The van der Waals surface area contributed by atoms with Crippen LogP contribution in [0.25, 0.3) is 11.3 Å². The summed E-state index contributed by atoms with van der Waals surface area (Å²) < 4.78 is 15.8. The molecule has 25 heavy (non-hydrogen) atoms. The normalized spacial score (nSPS) is 12.2. The van der Waals surface area contributed by atoms with Crippen LogP contribution in [0.15, 0.2) is 47.0 Å². The Morgan fingerprint density at radius 3 is 2.84 bits per heavy atom. The highest BCUT2D eigenvalue weighted by atomic mass is 35.5. The lowest BCUT2D eigenvalue weighted by Gasteiger charge is -2.05. The maximum Gasteiger partial charge on any atom is 0.277 e. The van der Waals surface area contributed by atoms with Gasteiger partial charge in [-0.15, -0.1) is 0 Å². The minimum absolute atomic E-state index is 0.0621. The third-order valence-corrected chi connectivity index (χ3v) is 3.84. The van der Waals surface area contributed by atoms with Gasteiger partial charge in [0.2, 0.25) is 6.79 Å². The summed E-state index contributed by atoms with van der Waals surface area (Å²) in [5.74, 6) is 1.02. The zero-order valence-corrected chi connectivity index (χ0v) is 13.4. The molecule has 3 aromatic rings. The number of aromatic nitrogens is 1. The van der Waals surface area contributed by atoms with Gasteiger partial charge in [0.15, 0.2) is 23.0 Å². The predicted octanol–water partition coefficient (Wildman–Crippen LogP) is 3.68. The van der Waals surface area contributed by atoms with E-state index < -0.39 is 5.91 Å². The minimum atomic E-state index is -0.534. The molecule has 2 N–H and O–H groups in total. The van der Waals surface area contributed by atoms with Crippen LogP contribution in [-0.4, -0.2) is 23.0 Å².